The summed E-state index contributed by atoms with van der Waals surface area (Å²) in [6.07, 6.45) is 4.48. The number of rotatable bonds is 7. The highest BCUT2D eigenvalue weighted by Gasteiger charge is 2.13. The number of nitrogens with one attached hydrogen (secondary N) is 1. The van der Waals surface area contributed by atoms with Crippen LogP contribution in [0.1, 0.15) is 38.7 Å². The summed E-state index contributed by atoms with van der Waals surface area (Å²) in [7, 11) is 0. The number of halogens is 1. The van der Waals surface area contributed by atoms with Crippen molar-refractivity contribution in [3.63, 3.8) is 0 Å². The first-order valence-electron chi connectivity index (χ1n) is 6.40. The molecule has 17 heavy (non-hydrogen) atoms. The van der Waals surface area contributed by atoms with E-state index in [1.807, 2.05) is 18.2 Å². The number of benzene rings is 1. The van der Waals surface area contributed by atoms with Crippen molar-refractivity contribution in [2.24, 2.45) is 11.8 Å². The molecule has 3 N–H and O–H groups in total. The van der Waals surface area contributed by atoms with Crippen molar-refractivity contribution in [3.05, 3.63) is 34.9 Å². The van der Waals surface area contributed by atoms with Gasteiger partial charge in [-0.3, -0.25) is 11.3 Å². The molecule has 0 radical (unpaired) electrons. The molecule has 1 rings (SSSR count). The lowest BCUT2D eigenvalue weighted by Gasteiger charge is -2.21. The van der Waals surface area contributed by atoms with Gasteiger partial charge in [-0.2, -0.15) is 0 Å². The van der Waals surface area contributed by atoms with Gasteiger partial charge in [-0.25, -0.2) is 0 Å². The molecule has 0 aliphatic carbocycles. The molecule has 0 saturated heterocycles. The molecule has 3 heteroatoms. The number of hydrogen-bond donors (Lipinski definition) is 2. The smallest absolute Gasteiger partial charge is 0.0408 e. The van der Waals surface area contributed by atoms with Crippen molar-refractivity contribution in [3.8, 4) is 0 Å². The van der Waals surface area contributed by atoms with Crippen LogP contribution in [0.15, 0.2) is 24.3 Å². The second kappa shape index (κ2) is 7.70. The van der Waals surface area contributed by atoms with E-state index in [1.54, 1.807) is 0 Å². The lowest BCUT2D eigenvalue weighted by Crippen LogP contribution is -2.38. The minimum Gasteiger partial charge on any atom is -0.271 e. The first kappa shape index (κ1) is 14.5. The summed E-state index contributed by atoms with van der Waals surface area (Å²) >= 11 is 5.98. The zero-order chi connectivity index (χ0) is 12.7. The number of hydrogen-bond acceptors (Lipinski definition) is 2. The zero-order valence-electron chi connectivity index (χ0n) is 10.7. The molecule has 0 aromatic heterocycles. The lowest BCUT2D eigenvalue weighted by atomic mass is 9.92. The Labute approximate surface area is 110 Å². The highest BCUT2D eigenvalue weighted by molar-refractivity contribution is 6.30. The third kappa shape index (κ3) is 5.07. The van der Waals surface area contributed by atoms with Crippen molar-refractivity contribution in [1.82, 2.24) is 5.43 Å². The molecule has 0 spiro atoms. The molecule has 1 aromatic carbocycles. The predicted octanol–water partition coefficient (Wildman–Crippen LogP) is 3.54. The fourth-order valence-corrected chi connectivity index (χ4v) is 2.40. The average Bonchev–Trinajstić information content (AvgIpc) is 2.34. The molecule has 96 valence electrons. The van der Waals surface area contributed by atoms with Crippen LogP contribution in [-0.4, -0.2) is 6.04 Å². The molecule has 0 fully saturated rings. The summed E-state index contributed by atoms with van der Waals surface area (Å²) in [6.45, 7) is 4.47. The molecule has 1 atom stereocenters. The minimum absolute atomic E-state index is 0.332. The van der Waals surface area contributed by atoms with E-state index in [-0.39, 0.29) is 0 Å². The Morgan fingerprint density at radius 1 is 1.29 bits per heavy atom. The minimum atomic E-state index is 0.332. The highest BCUT2D eigenvalue weighted by atomic mass is 35.5. The summed E-state index contributed by atoms with van der Waals surface area (Å²) in [5, 5.41) is 0.792. The van der Waals surface area contributed by atoms with Gasteiger partial charge in [-0.15, -0.1) is 0 Å². The molecule has 2 nitrogen and oxygen atoms in total. The third-order valence-electron chi connectivity index (χ3n) is 3.38. The van der Waals surface area contributed by atoms with Gasteiger partial charge in [0.2, 0.25) is 0 Å². The van der Waals surface area contributed by atoms with Gasteiger partial charge in [-0.1, -0.05) is 50.4 Å². The van der Waals surface area contributed by atoms with Gasteiger partial charge >= 0.3 is 0 Å². The summed E-state index contributed by atoms with van der Waals surface area (Å²) < 4.78 is 0. The Morgan fingerprint density at radius 3 is 2.53 bits per heavy atom. The Hall–Kier alpha value is -0.570. The maximum absolute atomic E-state index is 5.98. The fourth-order valence-electron chi connectivity index (χ4n) is 2.18. The molecular formula is C14H23ClN2. The Morgan fingerprint density at radius 2 is 2.00 bits per heavy atom. The van der Waals surface area contributed by atoms with Crippen molar-refractivity contribution in [2.45, 2.75) is 45.6 Å². The zero-order valence-corrected chi connectivity index (χ0v) is 11.5. The topological polar surface area (TPSA) is 38.0 Å². The van der Waals surface area contributed by atoms with Crippen molar-refractivity contribution >= 4 is 11.6 Å². The molecule has 1 unspecified atom stereocenters. The maximum Gasteiger partial charge on any atom is 0.0408 e. The van der Waals surface area contributed by atoms with Gasteiger partial charge in [0.15, 0.2) is 0 Å². The normalized spacial score (nSPS) is 13.0. The van der Waals surface area contributed by atoms with E-state index < -0.39 is 0 Å². The summed E-state index contributed by atoms with van der Waals surface area (Å²) in [5.74, 6) is 6.38. The third-order valence-corrected chi connectivity index (χ3v) is 3.61. The molecule has 1 aromatic rings. The van der Waals surface area contributed by atoms with Crippen molar-refractivity contribution < 1.29 is 0 Å². The van der Waals surface area contributed by atoms with Crippen LogP contribution in [0.25, 0.3) is 0 Å². The van der Waals surface area contributed by atoms with Crippen LogP contribution in [0.2, 0.25) is 5.02 Å². The SMILES string of the molecule is CCC(CC)CC(Cc1cccc(Cl)c1)NN. The molecular weight excluding hydrogens is 232 g/mol. The van der Waals surface area contributed by atoms with Crippen LogP contribution in [0.4, 0.5) is 0 Å². The quantitative estimate of drug-likeness (QED) is 0.577. The molecule has 0 amide bonds. The lowest BCUT2D eigenvalue weighted by molar-refractivity contribution is 0.366. The summed E-state index contributed by atoms with van der Waals surface area (Å²) in [4.78, 5) is 0. The Balaban J connectivity index is 2.57. The number of nitrogens with two attached hydrogens (primary N) is 1. The van der Waals surface area contributed by atoms with Gasteiger partial charge in [0.05, 0.1) is 0 Å². The molecule has 0 aliphatic rings. The number of hydrazine groups is 1. The van der Waals surface area contributed by atoms with Crippen LogP contribution in [-0.2, 0) is 6.42 Å². The van der Waals surface area contributed by atoms with E-state index in [0.717, 1.165) is 23.8 Å². The first-order chi connectivity index (χ1) is 8.19. The molecule has 0 bridgehead atoms. The van der Waals surface area contributed by atoms with Crippen molar-refractivity contribution in [1.29, 1.82) is 0 Å². The molecule has 0 heterocycles. The summed E-state index contributed by atoms with van der Waals surface area (Å²) in [6, 6.07) is 8.33. The van der Waals surface area contributed by atoms with E-state index in [1.165, 1.54) is 18.4 Å². The van der Waals surface area contributed by atoms with Crippen LogP contribution in [0, 0.1) is 5.92 Å². The second-order valence-corrected chi connectivity index (χ2v) is 5.05. The fraction of sp³-hybridized carbons (Fsp3) is 0.571. The predicted molar refractivity (Wildman–Crippen MR) is 75.0 cm³/mol. The van der Waals surface area contributed by atoms with Crippen LogP contribution >= 0.6 is 11.6 Å². The van der Waals surface area contributed by atoms with Gasteiger partial charge in [0, 0.05) is 11.1 Å². The van der Waals surface area contributed by atoms with Gasteiger partial charge in [-0.05, 0) is 36.5 Å². The standard InChI is InChI=1S/C14H23ClN2/c1-3-11(4-2)9-14(17-16)10-12-6-5-7-13(15)8-12/h5-8,11,14,17H,3-4,9-10,16H2,1-2H3. The van der Waals surface area contributed by atoms with Gasteiger partial charge < -0.3 is 0 Å². The van der Waals surface area contributed by atoms with Crippen LogP contribution in [0.3, 0.4) is 0 Å². The van der Waals surface area contributed by atoms with E-state index in [2.05, 4.69) is 25.3 Å². The highest BCUT2D eigenvalue weighted by Crippen LogP contribution is 2.18. The van der Waals surface area contributed by atoms with Crippen LogP contribution < -0.4 is 11.3 Å². The Kier molecular flexibility index (Phi) is 6.56. The average molecular weight is 255 g/mol. The monoisotopic (exact) mass is 254 g/mol. The molecule has 0 aliphatic heterocycles. The maximum atomic E-state index is 5.98. The van der Waals surface area contributed by atoms with Gasteiger partial charge in [0.1, 0.15) is 0 Å². The van der Waals surface area contributed by atoms with Crippen molar-refractivity contribution in [2.75, 3.05) is 0 Å². The second-order valence-electron chi connectivity index (χ2n) is 4.62. The summed E-state index contributed by atoms with van der Waals surface area (Å²) in [5.41, 5.74) is 4.17. The first-order valence-corrected chi connectivity index (χ1v) is 6.77. The largest absolute Gasteiger partial charge is 0.271 e. The molecule has 0 saturated carbocycles. The van der Waals surface area contributed by atoms with E-state index in [9.17, 15) is 0 Å². The Bertz CT molecular complexity index is 324. The van der Waals surface area contributed by atoms with Gasteiger partial charge in [0.25, 0.3) is 0 Å². The van der Waals surface area contributed by atoms with E-state index in [0.29, 0.717) is 6.04 Å². The van der Waals surface area contributed by atoms with Crippen LogP contribution in [0.5, 0.6) is 0 Å². The van der Waals surface area contributed by atoms with E-state index >= 15 is 0 Å². The van der Waals surface area contributed by atoms with E-state index in [4.69, 9.17) is 17.4 Å².